The molecule has 11 heteroatoms. The number of hydrogen-bond acceptors (Lipinski definition) is 6. The van der Waals surface area contributed by atoms with Gasteiger partial charge in [-0.05, 0) is 28.8 Å². The molecule has 194 valence electrons. The van der Waals surface area contributed by atoms with Crippen LogP contribution >= 0.6 is 22.9 Å². The molecule has 0 radical (unpaired) electrons. The Morgan fingerprint density at radius 3 is 2.41 bits per heavy atom. The van der Waals surface area contributed by atoms with E-state index in [0.29, 0.717) is 15.5 Å². The van der Waals surface area contributed by atoms with Gasteiger partial charge in [0.15, 0.2) is 15.5 Å². The average molecular weight is 576 g/mol. The third-order valence-corrected chi connectivity index (χ3v) is 9.21. The number of nitrogens with zero attached hydrogens (tertiary/aromatic N) is 3. The third kappa shape index (κ3) is 5.33. The lowest BCUT2D eigenvalue weighted by Gasteiger charge is -2.13. The fourth-order valence-corrected chi connectivity index (χ4v) is 6.92. The standard InChI is InChI=1S/C28H18ClN3O5S2/c1-30-20-10-12-21(13-11-20)39(36,37)16-24-31-25-26(33)23(28(34)35)15-32(27(25)38-24)14-18-4-2-3-5-22(18)17-6-8-19(29)9-7-17/h2-13,15H,14,16H2,(H,34,35). The highest BCUT2D eigenvalue weighted by molar-refractivity contribution is 7.90. The molecule has 2 heterocycles. The Balaban J connectivity index is 1.59. The lowest BCUT2D eigenvalue weighted by Crippen LogP contribution is -2.19. The molecule has 0 saturated carbocycles. The van der Waals surface area contributed by atoms with Crippen LogP contribution in [0, 0.1) is 6.57 Å². The zero-order valence-electron chi connectivity index (χ0n) is 20.0. The number of aromatic carboxylic acids is 1. The van der Waals surface area contributed by atoms with E-state index in [-0.39, 0.29) is 22.0 Å². The number of carboxylic acids is 1. The van der Waals surface area contributed by atoms with Crippen molar-refractivity contribution in [2.45, 2.75) is 17.2 Å². The van der Waals surface area contributed by atoms with Gasteiger partial charge < -0.3 is 9.67 Å². The van der Waals surface area contributed by atoms with E-state index in [1.54, 1.807) is 16.7 Å². The summed E-state index contributed by atoms with van der Waals surface area (Å²) in [4.78, 5) is 32.8. The van der Waals surface area contributed by atoms with Crippen molar-refractivity contribution >= 4 is 54.8 Å². The SMILES string of the molecule is [C-]#[N+]c1ccc(S(=O)(=O)Cc2nc3c(=O)c(C(=O)O)cn(Cc4ccccc4-c4ccc(Cl)cc4)c3s2)cc1. The van der Waals surface area contributed by atoms with Crippen LogP contribution in [-0.4, -0.2) is 29.0 Å². The minimum atomic E-state index is -3.84. The number of hydrogen-bond donors (Lipinski definition) is 1. The number of carbonyl (C=O) groups is 1. The summed E-state index contributed by atoms with van der Waals surface area (Å²) in [5.74, 6) is -1.88. The van der Waals surface area contributed by atoms with Gasteiger partial charge in [0.25, 0.3) is 0 Å². The first-order valence-electron chi connectivity index (χ1n) is 11.5. The van der Waals surface area contributed by atoms with E-state index in [9.17, 15) is 23.1 Å². The molecule has 5 aromatic rings. The third-order valence-electron chi connectivity index (χ3n) is 6.04. The number of halogens is 1. The lowest BCUT2D eigenvalue weighted by molar-refractivity contribution is 0.0694. The maximum atomic E-state index is 13.0. The molecular formula is C28H18ClN3O5S2. The van der Waals surface area contributed by atoms with E-state index < -0.39 is 32.6 Å². The van der Waals surface area contributed by atoms with Crippen LogP contribution in [0.4, 0.5) is 5.69 Å². The highest BCUT2D eigenvalue weighted by atomic mass is 35.5. The van der Waals surface area contributed by atoms with Gasteiger partial charge in [0, 0.05) is 17.8 Å². The molecule has 0 fully saturated rings. The Kier molecular flexibility index (Phi) is 7.06. The van der Waals surface area contributed by atoms with E-state index in [1.807, 2.05) is 36.4 Å². The Labute approximate surface area is 232 Å². The molecule has 8 nitrogen and oxygen atoms in total. The van der Waals surface area contributed by atoms with Crippen LogP contribution in [0.3, 0.4) is 0 Å². The Hall–Kier alpha value is -4.30. The summed E-state index contributed by atoms with van der Waals surface area (Å²) in [6.07, 6.45) is 1.27. The second-order valence-corrected chi connectivity index (χ2v) is 12.1. The highest BCUT2D eigenvalue weighted by Crippen LogP contribution is 2.29. The zero-order chi connectivity index (χ0) is 27.7. The van der Waals surface area contributed by atoms with Crippen LogP contribution in [0.1, 0.15) is 20.9 Å². The van der Waals surface area contributed by atoms with E-state index in [4.69, 9.17) is 18.2 Å². The number of sulfone groups is 1. The van der Waals surface area contributed by atoms with Crippen molar-refractivity contribution in [2.75, 3.05) is 0 Å². The molecule has 0 atom stereocenters. The van der Waals surface area contributed by atoms with Crippen LogP contribution < -0.4 is 5.43 Å². The van der Waals surface area contributed by atoms with Gasteiger partial charge in [-0.1, -0.05) is 83.6 Å². The largest absolute Gasteiger partial charge is 0.477 e. The molecule has 0 bridgehead atoms. The molecule has 39 heavy (non-hydrogen) atoms. The molecule has 0 aliphatic rings. The van der Waals surface area contributed by atoms with Gasteiger partial charge in [0.1, 0.15) is 26.7 Å². The molecule has 5 rings (SSSR count). The van der Waals surface area contributed by atoms with Gasteiger partial charge in [-0.2, -0.15) is 0 Å². The highest BCUT2D eigenvalue weighted by Gasteiger charge is 2.23. The quantitative estimate of drug-likeness (QED) is 0.237. The number of carboxylic acid groups (broad SMARTS) is 1. The number of aromatic nitrogens is 2. The smallest absolute Gasteiger partial charge is 0.341 e. The molecule has 0 aliphatic heterocycles. The molecule has 3 aromatic carbocycles. The molecule has 0 saturated heterocycles. The molecule has 0 spiro atoms. The van der Waals surface area contributed by atoms with Crippen LogP contribution in [0.15, 0.2) is 88.7 Å². The van der Waals surface area contributed by atoms with Gasteiger partial charge in [0.05, 0.1) is 11.5 Å². The lowest BCUT2D eigenvalue weighted by atomic mass is 9.99. The number of rotatable bonds is 7. The fraction of sp³-hybridized carbons (Fsp3) is 0.0714. The Bertz CT molecular complexity index is 1940. The Morgan fingerprint density at radius 2 is 1.74 bits per heavy atom. The second kappa shape index (κ2) is 10.5. The predicted octanol–water partition coefficient (Wildman–Crippen LogP) is 6.05. The molecule has 0 aliphatic carbocycles. The first kappa shape index (κ1) is 26.3. The molecular weight excluding hydrogens is 558 g/mol. The predicted molar refractivity (Wildman–Crippen MR) is 150 cm³/mol. The summed E-state index contributed by atoms with van der Waals surface area (Å²) in [5, 5.41) is 10.4. The van der Waals surface area contributed by atoms with Gasteiger partial charge in [-0.15, -0.1) is 0 Å². The monoisotopic (exact) mass is 575 g/mol. The summed E-state index contributed by atoms with van der Waals surface area (Å²) < 4.78 is 27.7. The zero-order valence-corrected chi connectivity index (χ0v) is 22.4. The summed E-state index contributed by atoms with van der Waals surface area (Å²) in [6.45, 7) is 7.25. The number of pyridine rings is 1. The van der Waals surface area contributed by atoms with Crippen molar-refractivity contribution in [2.24, 2.45) is 0 Å². The van der Waals surface area contributed by atoms with Gasteiger partial charge in [0.2, 0.25) is 5.43 Å². The summed E-state index contributed by atoms with van der Waals surface area (Å²) in [5.41, 5.74) is 1.63. The summed E-state index contributed by atoms with van der Waals surface area (Å²) in [6, 6.07) is 20.4. The van der Waals surface area contributed by atoms with E-state index >= 15 is 0 Å². The molecule has 1 N–H and O–H groups in total. The van der Waals surface area contributed by atoms with Crippen LogP contribution in [0.2, 0.25) is 5.02 Å². The maximum absolute atomic E-state index is 13.0. The van der Waals surface area contributed by atoms with Crippen LogP contribution in [0.25, 0.3) is 26.3 Å². The number of benzene rings is 3. The van der Waals surface area contributed by atoms with Crippen LogP contribution in [-0.2, 0) is 22.1 Å². The van der Waals surface area contributed by atoms with Crippen molar-refractivity contribution in [3.63, 3.8) is 0 Å². The van der Waals surface area contributed by atoms with Gasteiger partial charge >= 0.3 is 5.97 Å². The molecule has 0 unspecified atom stereocenters. The molecule has 2 aromatic heterocycles. The summed E-state index contributed by atoms with van der Waals surface area (Å²) >= 11 is 7.07. The minimum absolute atomic E-state index is 0.0208. The second-order valence-electron chi connectivity index (χ2n) is 8.60. The number of fused-ring (bicyclic) bond motifs is 1. The van der Waals surface area contributed by atoms with Crippen molar-refractivity contribution in [1.82, 2.24) is 9.55 Å². The molecule has 0 amide bonds. The van der Waals surface area contributed by atoms with Gasteiger partial charge in [-0.3, -0.25) is 4.79 Å². The van der Waals surface area contributed by atoms with E-state index in [0.717, 1.165) is 28.0 Å². The fourth-order valence-electron chi connectivity index (χ4n) is 4.16. The van der Waals surface area contributed by atoms with Crippen molar-refractivity contribution in [3.8, 4) is 11.1 Å². The first-order chi connectivity index (χ1) is 18.7. The summed E-state index contributed by atoms with van der Waals surface area (Å²) in [7, 11) is -3.84. The van der Waals surface area contributed by atoms with Crippen molar-refractivity contribution in [3.05, 3.63) is 122 Å². The average Bonchev–Trinajstić information content (AvgIpc) is 3.35. The van der Waals surface area contributed by atoms with Gasteiger partial charge in [-0.25, -0.2) is 23.0 Å². The normalized spacial score (nSPS) is 11.4. The first-order valence-corrected chi connectivity index (χ1v) is 14.3. The van der Waals surface area contributed by atoms with Crippen molar-refractivity contribution in [1.29, 1.82) is 0 Å². The Morgan fingerprint density at radius 1 is 1.05 bits per heavy atom. The topological polar surface area (TPSA) is 111 Å². The van der Waals surface area contributed by atoms with Crippen molar-refractivity contribution < 1.29 is 18.3 Å². The van der Waals surface area contributed by atoms with E-state index in [1.165, 1.54) is 30.5 Å². The van der Waals surface area contributed by atoms with Crippen LogP contribution in [0.5, 0.6) is 0 Å². The maximum Gasteiger partial charge on any atom is 0.341 e. The number of thiazole rings is 1. The minimum Gasteiger partial charge on any atom is -0.477 e. The van der Waals surface area contributed by atoms with E-state index in [2.05, 4.69) is 9.83 Å².